The molecule has 1 aromatic heterocycles. The minimum absolute atomic E-state index is 0.123. The molecule has 1 aliphatic rings. The molecule has 3 rings (SSSR count). The first-order valence-corrected chi connectivity index (χ1v) is 7.00. The van der Waals surface area contributed by atoms with Crippen molar-refractivity contribution in [1.29, 1.82) is 0 Å². The Balaban J connectivity index is 2.16. The van der Waals surface area contributed by atoms with E-state index < -0.39 is 6.04 Å². The number of para-hydroxylation sites is 1. The normalized spacial score (nSPS) is 21.2. The number of H-pyrrole nitrogens is 1. The summed E-state index contributed by atoms with van der Waals surface area (Å²) in [5.74, 6) is -0.491. The number of hydrogen-bond acceptors (Lipinski definition) is 3. The molecule has 0 bridgehead atoms. The van der Waals surface area contributed by atoms with Crippen LogP contribution in [0.2, 0.25) is 0 Å². The van der Waals surface area contributed by atoms with Gasteiger partial charge in [-0.05, 0) is 18.6 Å². The minimum atomic E-state index is -0.561. The highest BCUT2D eigenvalue weighted by Gasteiger charge is 2.39. The van der Waals surface area contributed by atoms with Crippen LogP contribution in [0.5, 0.6) is 0 Å². The van der Waals surface area contributed by atoms with Gasteiger partial charge in [0.25, 0.3) is 0 Å². The van der Waals surface area contributed by atoms with Crippen LogP contribution in [0.15, 0.2) is 24.3 Å². The quantitative estimate of drug-likeness (QED) is 0.817. The Morgan fingerprint density at radius 1 is 1.33 bits per heavy atom. The average Bonchev–Trinajstić information content (AvgIpc) is 2.85. The van der Waals surface area contributed by atoms with Gasteiger partial charge in [-0.1, -0.05) is 18.2 Å². The number of nitrogens with one attached hydrogen (secondary N) is 1. The smallest absolute Gasteiger partial charge is 0.328 e. The summed E-state index contributed by atoms with van der Waals surface area (Å²) >= 11 is 0. The molecule has 2 aromatic rings. The number of aromatic nitrogens is 1. The fourth-order valence-electron chi connectivity index (χ4n) is 3.32. The van der Waals surface area contributed by atoms with Gasteiger partial charge in [0.2, 0.25) is 5.91 Å². The number of aromatic amines is 1. The lowest BCUT2D eigenvalue weighted by molar-refractivity contribution is -0.154. The maximum absolute atomic E-state index is 12.1. The number of amides is 1. The van der Waals surface area contributed by atoms with Crippen LogP contribution in [0.3, 0.4) is 0 Å². The highest BCUT2D eigenvalue weighted by atomic mass is 16.5. The molecule has 5 heteroatoms. The summed E-state index contributed by atoms with van der Waals surface area (Å²) in [4.78, 5) is 29.0. The number of nitrogens with zero attached hydrogens (tertiary/aromatic N) is 1. The van der Waals surface area contributed by atoms with Gasteiger partial charge >= 0.3 is 5.97 Å². The Morgan fingerprint density at radius 3 is 2.71 bits per heavy atom. The fraction of sp³-hybridized carbons (Fsp3) is 0.375. The van der Waals surface area contributed by atoms with Crippen molar-refractivity contribution in [3.05, 3.63) is 35.5 Å². The van der Waals surface area contributed by atoms with Gasteiger partial charge in [-0.15, -0.1) is 0 Å². The molecule has 1 amide bonds. The zero-order valence-corrected chi connectivity index (χ0v) is 12.3. The van der Waals surface area contributed by atoms with E-state index in [4.69, 9.17) is 4.74 Å². The van der Waals surface area contributed by atoms with Crippen molar-refractivity contribution >= 4 is 22.8 Å². The molecule has 0 fully saturated rings. The van der Waals surface area contributed by atoms with E-state index in [9.17, 15) is 9.59 Å². The van der Waals surface area contributed by atoms with E-state index in [1.54, 1.807) is 4.90 Å². The van der Waals surface area contributed by atoms with Gasteiger partial charge in [0.05, 0.1) is 13.2 Å². The number of benzene rings is 1. The van der Waals surface area contributed by atoms with Gasteiger partial charge in [-0.25, -0.2) is 4.79 Å². The third-order valence-electron chi connectivity index (χ3n) is 4.25. The fourth-order valence-corrected chi connectivity index (χ4v) is 3.32. The van der Waals surface area contributed by atoms with Crippen molar-refractivity contribution in [3.8, 4) is 0 Å². The van der Waals surface area contributed by atoms with Gasteiger partial charge in [-0.2, -0.15) is 0 Å². The second-order valence-electron chi connectivity index (χ2n) is 5.41. The Hall–Kier alpha value is -2.30. The number of hydrogen-bond donors (Lipinski definition) is 1. The Labute approximate surface area is 122 Å². The molecule has 0 radical (unpaired) electrons. The molecule has 0 aliphatic carbocycles. The van der Waals surface area contributed by atoms with E-state index in [0.29, 0.717) is 6.42 Å². The van der Waals surface area contributed by atoms with Crippen LogP contribution < -0.4 is 0 Å². The summed E-state index contributed by atoms with van der Waals surface area (Å²) in [5, 5.41) is 1.11. The van der Waals surface area contributed by atoms with Crippen LogP contribution in [0.25, 0.3) is 10.9 Å². The average molecular weight is 286 g/mol. The van der Waals surface area contributed by atoms with Crippen molar-refractivity contribution in [2.75, 3.05) is 7.11 Å². The van der Waals surface area contributed by atoms with Crippen LogP contribution in [-0.2, 0) is 20.7 Å². The van der Waals surface area contributed by atoms with Crippen molar-refractivity contribution < 1.29 is 14.3 Å². The predicted molar refractivity (Wildman–Crippen MR) is 78.7 cm³/mol. The second-order valence-corrected chi connectivity index (χ2v) is 5.41. The summed E-state index contributed by atoms with van der Waals surface area (Å²) in [6.45, 7) is 3.42. The zero-order valence-electron chi connectivity index (χ0n) is 12.3. The maximum Gasteiger partial charge on any atom is 0.328 e. The molecular formula is C16H18N2O3. The Morgan fingerprint density at radius 2 is 2.05 bits per heavy atom. The standard InChI is InChI=1S/C16H18N2O3/c1-9-15-12(11-6-4-5-7-13(11)17-15)8-14(16(20)21-3)18(9)10(2)19/h4-7,9,14,17H,8H2,1-3H3/t9-,14+/m0/s1. The van der Waals surface area contributed by atoms with E-state index in [0.717, 1.165) is 22.2 Å². The first-order valence-electron chi connectivity index (χ1n) is 7.00. The SMILES string of the molecule is COC(=O)[C@H]1Cc2c([nH]c3ccccc23)[C@H](C)N1C(C)=O. The Bertz CT molecular complexity index is 719. The van der Waals surface area contributed by atoms with E-state index in [-0.39, 0.29) is 17.9 Å². The molecule has 1 N–H and O–H groups in total. The van der Waals surface area contributed by atoms with Crippen molar-refractivity contribution in [1.82, 2.24) is 9.88 Å². The number of rotatable bonds is 1. The summed E-state index contributed by atoms with van der Waals surface area (Å²) < 4.78 is 4.88. The summed E-state index contributed by atoms with van der Waals surface area (Å²) in [7, 11) is 1.36. The van der Waals surface area contributed by atoms with Crippen LogP contribution in [-0.4, -0.2) is 34.9 Å². The predicted octanol–water partition coefficient (Wildman–Crippen LogP) is 2.18. The van der Waals surface area contributed by atoms with Crippen LogP contribution in [0.1, 0.15) is 31.1 Å². The summed E-state index contributed by atoms with van der Waals surface area (Å²) in [6.07, 6.45) is 0.482. The van der Waals surface area contributed by atoms with E-state index >= 15 is 0 Å². The molecular weight excluding hydrogens is 268 g/mol. The molecule has 2 atom stereocenters. The number of carbonyl (C=O) groups excluding carboxylic acids is 2. The lowest BCUT2D eigenvalue weighted by Gasteiger charge is -2.38. The number of fused-ring (bicyclic) bond motifs is 3. The second kappa shape index (κ2) is 4.91. The molecule has 0 unspecified atom stereocenters. The minimum Gasteiger partial charge on any atom is -0.467 e. The molecule has 5 nitrogen and oxygen atoms in total. The number of ether oxygens (including phenoxy) is 1. The third kappa shape index (κ3) is 2.00. The maximum atomic E-state index is 12.1. The molecule has 110 valence electrons. The third-order valence-corrected chi connectivity index (χ3v) is 4.25. The lowest BCUT2D eigenvalue weighted by atomic mass is 9.92. The first-order chi connectivity index (χ1) is 10.0. The molecule has 0 spiro atoms. The van der Waals surface area contributed by atoms with Crippen molar-refractivity contribution in [2.24, 2.45) is 0 Å². The van der Waals surface area contributed by atoms with E-state index in [1.807, 2.05) is 31.2 Å². The molecule has 21 heavy (non-hydrogen) atoms. The highest BCUT2D eigenvalue weighted by molar-refractivity contribution is 5.89. The number of esters is 1. The molecule has 0 saturated heterocycles. The molecule has 0 saturated carbocycles. The topological polar surface area (TPSA) is 62.4 Å². The summed E-state index contributed by atoms with van der Waals surface area (Å²) in [6, 6.07) is 7.25. The lowest BCUT2D eigenvalue weighted by Crippen LogP contribution is -2.50. The monoisotopic (exact) mass is 286 g/mol. The largest absolute Gasteiger partial charge is 0.467 e. The van der Waals surface area contributed by atoms with E-state index in [1.165, 1.54) is 14.0 Å². The first kappa shape index (κ1) is 13.7. The number of methoxy groups -OCH3 is 1. The van der Waals surface area contributed by atoms with E-state index in [2.05, 4.69) is 4.98 Å². The zero-order chi connectivity index (χ0) is 15.1. The van der Waals surface area contributed by atoms with Gasteiger partial charge in [-0.3, -0.25) is 4.79 Å². The Kier molecular flexibility index (Phi) is 3.20. The van der Waals surface area contributed by atoms with Crippen LogP contribution in [0.4, 0.5) is 0 Å². The van der Waals surface area contributed by atoms with Gasteiger partial charge in [0.1, 0.15) is 6.04 Å². The van der Waals surface area contributed by atoms with Crippen molar-refractivity contribution in [3.63, 3.8) is 0 Å². The van der Waals surface area contributed by atoms with Gasteiger partial charge in [0, 0.05) is 29.9 Å². The molecule has 2 heterocycles. The number of carbonyl (C=O) groups is 2. The highest BCUT2D eigenvalue weighted by Crippen LogP contribution is 2.37. The molecule has 1 aliphatic heterocycles. The van der Waals surface area contributed by atoms with Crippen LogP contribution in [0, 0.1) is 0 Å². The van der Waals surface area contributed by atoms with Crippen molar-refractivity contribution in [2.45, 2.75) is 32.4 Å². The van der Waals surface area contributed by atoms with Crippen LogP contribution >= 0.6 is 0 Å². The van der Waals surface area contributed by atoms with Gasteiger partial charge in [0.15, 0.2) is 0 Å². The van der Waals surface area contributed by atoms with Gasteiger partial charge < -0.3 is 14.6 Å². The summed E-state index contributed by atoms with van der Waals surface area (Å²) in [5.41, 5.74) is 3.14. The molecule has 1 aromatic carbocycles.